The molecule has 0 radical (unpaired) electrons. The lowest BCUT2D eigenvalue weighted by molar-refractivity contribution is -0.118. The number of aryl methyl sites for hydroxylation is 1. The van der Waals surface area contributed by atoms with Crippen molar-refractivity contribution in [3.8, 4) is 0 Å². The van der Waals surface area contributed by atoms with Crippen LogP contribution in [0, 0.1) is 6.92 Å². The van der Waals surface area contributed by atoms with E-state index in [-0.39, 0.29) is 17.6 Å². The zero-order valence-electron chi connectivity index (χ0n) is 12.1. The van der Waals surface area contributed by atoms with Gasteiger partial charge in [-0.3, -0.25) is 4.79 Å². The number of rotatable bonds is 6. The molecule has 1 atom stereocenters. The third-order valence-corrected chi connectivity index (χ3v) is 4.08. The van der Waals surface area contributed by atoms with Gasteiger partial charge in [-0.25, -0.2) is 4.68 Å². The number of carbonyl (C=O) groups is 1. The summed E-state index contributed by atoms with van der Waals surface area (Å²) in [7, 11) is 0. The van der Waals surface area contributed by atoms with Crippen LogP contribution in [0.25, 0.3) is 0 Å². The van der Waals surface area contributed by atoms with Crippen molar-refractivity contribution in [1.82, 2.24) is 20.2 Å². The van der Waals surface area contributed by atoms with Gasteiger partial charge in [-0.1, -0.05) is 49.0 Å². The summed E-state index contributed by atoms with van der Waals surface area (Å²) in [4.78, 5) is 11.8. The van der Waals surface area contributed by atoms with E-state index in [2.05, 4.69) is 34.6 Å². The third kappa shape index (κ3) is 4.22. The van der Waals surface area contributed by atoms with E-state index >= 15 is 0 Å². The highest BCUT2D eigenvalue weighted by molar-refractivity contribution is 7.99. The zero-order valence-corrected chi connectivity index (χ0v) is 12.9. The van der Waals surface area contributed by atoms with E-state index in [1.807, 2.05) is 18.2 Å². The minimum absolute atomic E-state index is 0.0385. The SMILES string of the molecule is Cc1nnc(SCC(=O)NC[C@H](C)c2ccccc2)n1N. The molecular formula is C14H19N5OS. The Morgan fingerprint density at radius 1 is 1.38 bits per heavy atom. The summed E-state index contributed by atoms with van der Waals surface area (Å²) in [6.45, 7) is 4.46. The average Bonchev–Trinajstić information content (AvgIpc) is 2.83. The van der Waals surface area contributed by atoms with Crippen LogP contribution in [0.3, 0.4) is 0 Å². The molecule has 0 unspecified atom stereocenters. The molecule has 0 aliphatic carbocycles. The summed E-state index contributed by atoms with van der Waals surface area (Å²) < 4.78 is 1.38. The van der Waals surface area contributed by atoms with Crippen LogP contribution in [-0.4, -0.2) is 33.1 Å². The van der Waals surface area contributed by atoms with Crippen molar-refractivity contribution in [1.29, 1.82) is 0 Å². The normalized spacial score (nSPS) is 12.1. The van der Waals surface area contributed by atoms with Crippen molar-refractivity contribution in [2.45, 2.75) is 24.9 Å². The summed E-state index contributed by atoms with van der Waals surface area (Å²) in [6, 6.07) is 10.1. The maximum atomic E-state index is 11.8. The van der Waals surface area contributed by atoms with Gasteiger partial charge in [-0.2, -0.15) is 0 Å². The first kappa shape index (κ1) is 15.4. The molecule has 7 heteroatoms. The van der Waals surface area contributed by atoms with Gasteiger partial charge in [0.05, 0.1) is 5.75 Å². The van der Waals surface area contributed by atoms with Crippen LogP contribution in [0.2, 0.25) is 0 Å². The fourth-order valence-electron chi connectivity index (χ4n) is 1.80. The van der Waals surface area contributed by atoms with Gasteiger partial charge in [0.2, 0.25) is 11.1 Å². The summed E-state index contributed by atoms with van der Waals surface area (Å²) >= 11 is 1.28. The number of hydrogen-bond acceptors (Lipinski definition) is 5. The highest BCUT2D eigenvalue weighted by Crippen LogP contribution is 2.15. The molecule has 21 heavy (non-hydrogen) atoms. The minimum atomic E-state index is -0.0385. The first-order valence-electron chi connectivity index (χ1n) is 6.69. The second-order valence-corrected chi connectivity index (χ2v) is 5.75. The Kier molecular flexibility index (Phi) is 5.21. The second-order valence-electron chi connectivity index (χ2n) is 4.80. The largest absolute Gasteiger partial charge is 0.355 e. The monoisotopic (exact) mass is 305 g/mol. The van der Waals surface area contributed by atoms with Gasteiger partial charge in [-0.05, 0) is 18.4 Å². The molecule has 2 aromatic rings. The van der Waals surface area contributed by atoms with Crippen molar-refractivity contribution in [3.63, 3.8) is 0 Å². The summed E-state index contributed by atoms with van der Waals surface area (Å²) in [5.41, 5.74) is 1.21. The fourth-order valence-corrected chi connectivity index (χ4v) is 2.53. The molecular weight excluding hydrogens is 286 g/mol. The van der Waals surface area contributed by atoms with Gasteiger partial charge in [0.25, 0.3) is 0 Å². The van der Waals surface area contributed by atoms with Gasteiger partial charge >= 0.3 is 0 Å². The topological polar surface area (TPSA) is 85.8 Å². The molecule has 1 aromatic carbocycles. The predicted octanol–water partition coefficient (Wildman–Crippen LogP) is 1.31. The average molecular weight is 305 g/mol. The summed E-state index contributed by atoms with van der Waals surface area (Å²) in [5.74, 6) is 6.86. The Labute approximate surface area is 128 Å². The van der Waals surface area contributed by atoms with E-state index in [1.54, 1.807) is 6.92 Å². The molecule has 0 bridgehead atoms. The van der Waals surface area contributed by atoms with Crippen LogP contribution in [0.15, 0.2) is 35.5 Å². The van der Waals surface area contributed by atoms with E-state index in [9.17, 15) is 4.79 Å². The number of carbonyl (C=O) groups excluding carboxylic acids is 1. The number of benzene rings is 1. The second kappa shape index (κ2) is 7.12. The number of hydrogen-bond donors (Lipinski definition) is 2. The number of amides is 1. The Morgan fingerprint density at radius 2 is 2.10 bits per heavy atom. The van der Waals surface area contributed by atoms with Crippen molar-refractivity contribution in [3.05, 3.63) is 41.7 Å². The van der Waals surface area contributed by atoms with Gasteiger partial charge in [0.1, 0.15) is 5.82 Å². The molecule has 0 aliphatic heterocycles. The van der Waals surface area contributed by atoms with Crippen LogP contribution in [-0.2, 0) is 4.79 Å². The smallest absolute Gasteiger partial charge is 0.230 e. The van der Waals surface area contributed by atoms with Crippen LogP contribution in [0.5, 0.6) is 0 Å². The molecule has 0 fully saturated rings. The molecule has 3 N–H and O–H groups in total. The standard InChI is InChI=1S/C14H19N5OS/c1-10(12-6-4-3-5-7-12)8-16-13(20)9-21-14-18-17-11(2)19(14)15/h3-7,10H,8-9,15H2,1-2H3,(H,16,20)/t10-/m0/s1. The lowest BCUT2D eigenvalue weighted by atomic mass is 10.0. The highest BCUT2D eigenvalue weighted by Gasteiger charge is 2.11. The predicted molar refractivity (Wildman–Crippen MR) is 83.5 cm³/mol. The Morgan fingerprint density at radius 3 is 2.71 bits per heavy atom. The Bertz CT molecular complexity index is 599. The zero-order chi connectivity index (χ0) is 15.2. The van der Waals surface area contributed by atoms with Gasteiger partial charge in [0.15, 0.2) is 0 Å². The number of nitrogens with zero attached hydrogens (tertiary/aromatic N) is 3. The number of thioether (sulfide) groups is 1. The maximum absolute atomic E-state index is 11.8. The maximum Gasteiger partial charge on any atom is 0.230 e. The van der Waals surface area contributed by atoms with Crippen molar-refractivity contribution >= 4 is 17.7 Å². The van der Waals surface area contributed by atoms with Crippen LogP contribution >= 0.6 is 11.8 Å². The quantitative estimate of drug-likeness (QED) is 0.621. The van der Waals surface area contributed by atoms with Crippen molar-refractivity contribution < 1.29 is 4.79 Å². The Balaban J connectivity index is 1.76. The fraction of sp³-hybridized carbons (Fsp3) is 0.357. The first-order chi connectivity index (χ1) is 10.1. The molecule has 0 saturated carbocycles. The number of aromatic nitrogens is 3. The van der Waals surface area contributed by atoms with E-state index in [4.69, 9.17) is 5.84 Å². The molecule has 1 amide bonds. The third-order valence-electron chi connectivity index (χ3n) is 3.14. The van der Waals surface area contributed by atoms with E-state index in [1.165, 1.54) is 22.0 Å². The van der Waals surface area contributed by atoms with Crippen LogP contribution < -0.4 is 11.2 Å². The molecule has 0 spiro atoms. The van der Waals surface area contributed by atoms with Gasteiger partial charge < -0.3 is 11.2 Å². The van der Waals surface area contributed by atoms with E-state index < -0.39 is 0 Å². The molecule has 2 rings (SSSR count). The van der Waals surface area contributed by atoms with Crippen LogP contribution in [0.1, 0.15) is 24.2 Å². The molecule has 1 aromatic heterocycles. The lowest BCUT2D eigenvalue weighted by Gasteiger charge is -2.12. The minimum Gasteiger partial charge on any atom is -0.355 e. The molecule has 112 valence electrons. The molecule has 1 heterocycles. The number of nitrogen functional groups attached to an aromatic ring is 1. The van der Waals surface area contributed by atoms with Gasteiger partial charge in [0, 0.05) is 6.54 Å². The number of nitrogens with two attached hydrogens (primary N) is 1. The number of nitrogens with one attached hydrogen (secondary N) is 1. The highest BCUT2D eigenvalue weighted by atomic mass is 32.2. The van der Waals surface area contributed by atoms with E-state index in [0.717, 1.165) is 0 Å². The molecule has 0 saturated heterocycles. The van der Waals surface area contributed by atoms with Crippen molar-refractivity contribution in [2.24, 2.45) is 0 Å². The van der Waals surface area contributed by atoms with E-state index in [0.29, 0.717) is 17.5 Å². The van der Waals surface area contributed by atoms with Gasteiger partial charge in [-0.15, -0.1) is 10.2 Å². The van der Waals surface area contributed by atoms with Crippen molar-refractivity contribution in [2.75, 3.05) is 18.1 Å². The molecule has 0 aliphatic rings. The summed E-state index contributed by atoms with van der Waals surface area (Å²) in [5, 5.41) is 11.2. The Hall–Kier alpha value is -2.02. The lowest BCUT2D eigenvalue weighted by Crippen LogP contribution is -2.29. The summed E-state index contributed by atoms with van der Waals surface area (Å²) in [6.07, 6.45) is 0. The van der Waals surface area contributed by atoms with Crippen LogP contribution in [0.4, 0.5) is 0 Å². The first-order valence-corrected chi connectivity index (χ1v) is 7.68. The molecule has 6 nitrogen and oxygen atoms in total.